The van der Waals surface area contributed by atoms with Gasteiger partial charge in [0.15, 0.2) is 11.6 Å². The first kappa shape index (κ1) is 13.3. The third-order valence-electron chi connectivity index (χ3n) is 2.30. The van der Waals surface area contributed by atoms with Gasteiger partial charge in [0, 0.05) is 11.8 Å². The van der Waals surface area contributed by atoms with Gasteiger partial charge < -0.3 is 10.5 Å². The number of ether oxygens (including phenoxy) is 1. The Morgan fingerprint density at radius 3 is 2.75 bits per heavy atom. The number of halogens is 1. The van der Waals surface area contributed by atoms with Crippen molar-refractivity contribution in [3.63, 3.8) is 0 Å². The largest absolute Gasteiger partial charge is 0.491 e. The summed E-state index contributed by atoms with van der Waals surface area (Å²) in [5.74, 6) is 0.712. The van der Waals surface area contributed by atoms with Crippen molar-refractivity contribution in [2.24, 2.45) is 5.73 Å². The molecule has 0 saturated carbocycles. The van der Waals surface area contributed by atoms with Crippen LogP contribution in [-0.2, 0) is 0 Å². The minimum absolute atomic E-state index is 0.150. The average Bonchev–Trinajstić information content (AvgIpc) is 2.30. The molecule has 2 nitrogen and oxygen atoms in total. The van der Waals surface area contributed by atoms with E-state index < -0.39 is 0 Å². The van der Waals surface area contributed by atoms with Gasteiger partial charge in [-0.2, -0.15) is 12.6 Å². The number of hydrogen-bond acceptors (Lipinski definition) is 3. The third-order valence-corrected chi connectivity index (χ3v) is 2.77. The monoisotopic (exact) mass is 243 g/mol. The van der Waals surface area contributed by atoms with Crippen molar-refractivity contribution < 1.29 is 9.13 Å². The molecule has 0 fully saturated rings. The Balaban J connectivity index is 2.14. The smallest absolute Gasteiger partial charge is 0.165 e. The lowest BCUT2D eigenvalue weighted by Gasteiger charge is -2.09. The van der Waals surface area contributed by atoms with Crippen LogP contribution in [-0.4, -0.2) is 18.4 Å². The summed E-state index contributed by atoms with van der Waals surface area (Å²) < 4.78 is 18.4. The van der Waals surface area contributed by atoms with Crippen LogP contribution in [0.25, 0.3) is 0 Å². The van der Waals surface area contributed by atoms with Crippen LogP contribution in [0.15, 0.2) is 24.3 Å². The average molecular weight is 243 g/mol. The summed E-state index contributed by atoms with van der Waals surface area (Å²) in [6.07, 6.45) is 2.80. The maximum Gasteiger partial charge on any atom is 0.165 e. The van der Waals surface area contributed by atoms with E-state index in [1.807, 2.05) is 0 Å². The summed E-state index contributed by atoms with van der Waals surface area (Å²) in [4.78, 5) is 0. The number of benzene rings is 1. The van der Waals surface area contributed by atoms with Crippen LogP contribution in [0.5, 0.6) is 5.75 Å². The predicted molar refractivity (Wildman–Crippen MR) is 67.6 cm³/mol. The van der Waals surface area contributed by atoms with Gasteiger partial charge in [-0.1, -0.05) is 12.1 Å². The van der Waals surface area contributed by atoms with Crippen LogP contribution in [0, 0.1) is 5.82 Å². The van der Waals surface area contributed by atoms with Crippen LogP contribution >= 0.6 is 12.6 Å². The number of hydrogen-bond donors (Lipinski definition) is 2. The van der Waals surface area contributed by atoms with E-state index in [1.54, 1.807) is 18.2 Å². The van der Waals surface area contributed by atoms with Gasteiger partial charge in [0.25, 0.3) is 0 Å². The fourth-order valence-corrected chi connectivity index (χ4v) is 1.53. The van der Waals surface area contributed by atoms with Crippen molar-refractivity contribution >= 4 is 12.6 Å². The molecule has 2 N–H and O–H groups in total. The van der Waals surface area contributed by atoms with E-state index in [9.17, 15) is 4.39 Å². The molecule has 16 heavy (non-hydrogen) atoms. The van der Waals surface area contributed by atoms with Crippen molar-refractivity contribution in [3.05, 3.63) is 30.1 Å². The lowest BCUT2D eigenvalue weighted by Crippen LogP contribution is -2.21. The van der Waals surface area contributed by atoms with Crippen LogP contribution in [0.2, 0.25) is 0 Å². The lowest BCUT2D eigenvalue weighted by molar-refractivity contribution is 0.289. The summed E-state index contributed by atoms with van der Waals surface area (Å²) >= 11 is 4.11. The Hall–Kier alpha value is -0.740. The SMILES string of the molecule is NC(CS)CCCCOc1ccccc1F. The fraction of sp³-hybridized carbons (Fsp3) is 0.500. The highest BCUT2D eigenvalue weighted by Crippen LogP contribution is 2.15. The lowest BCUT2D eigenvalue weighted by atomic mass is 10.1. The quantitative estimate of drug-likeness (QED) is 0.570. The molecule has 1 aromatic carbocycles. The van der Waals surface area contributed by atoms with Gasteiger partial charge in [-0.05, 0) is 31.4 Å². The van der Waals surface area contributed by atoms with Crippen molar-refractivity contribution in [2.45, 2.75) is 25.3 Å². The molecule has 0 saturated heterocycles. The molecule has 4 heteroatoms. The Bertz CT molecular complexity index is 309. The highest BCUT2D eigenvalue weighted by atomic mass is 32.1. The molecule has 1 atom stereocenters. The minimum atomic E-state index is -0.311. The molecule has 0 aliphatic carbocycles. The zero-order valence-electron chi connectivity index (χ0n) is 9.23. The van der Waals surface area contributed by atoms with E-state index >= 15 is 0 Å². The van der Waals surface area contributed by atoms with E-state index in [1.165, 1.54) is 6.07 Å². The molecule has 1 unspecified atom stereocenters. The van der Waals surface area contributed by atoms with E-state index in [4.69, 9.17) is 10.5 Å². The normalized spacial score (nSPS) is 12.4. The van der Waals surface area contributed by atoms with Crippen molar-refractivity contribution in [3.8, 4) is 5.75 Å². The summed E-state index contributed by atoms with van der Waals surface area (Å²) in [6, 6.07) is 6.58. The second kappa shape index (κ2) is 7.52. The van der Waals surface area contributed by atoms with E-state index in [2.05, 4.69) is 12.6 Å². The van der Waals surface area contributed by atoms with E-state index in [0.717, 1.165) is 19.3 Å². The Morgan fingerprint density at radius 1 is 1.31 bits per heavy atom. The third kappa shape index (κ3) is 4.86. The van der Waals surface area contributed by atoms with Crippen molar-refractivity contribution in [1.82, 2.24) is 0 Å². The fourth-order valence-electron chi connectivity index (χ4n) is 1.34. The standard InChI is InChI=1S/C12H18FNOS/c13-11-6-1-2-7-12(11)15-8-4-3-5-10(14)9-16/h1-2,6-7,10,16H,3-5,8-9,14H2. The Kier molecular flexibility index (Phi) is 6.26. The maximum atomic E-state index is 13.1. The molecule has 0 aliphatic rings. The predicted octanol–water partition coefficient (Wildman–Crippen LogP) is 2.63. The van der Waals surface area contributed by atoms with Crippen LogP contribution < -0.4 is 10.5 Å². The minimum Gasteiger partial charge on any atom is -0.491 e. The summed E-state index contributed by atoms with van der Waals surface area (Å²) in [6.45, 7) is 0.528. The molecule has 0 spiro atoms. The van der Waals surface area contributed by atoms with Crippen LogP contribution in [0.3, 0.4) is 0 Å². The van der Waals surface area contributed by atoms with Gasteiger partial charge in [0.1, 0.15) is 0 Å². The second-order valence-electron chi connectivity index (χ2n) is 3.72. The number of rotatable bonds is 7. The van der Waals surface area contributed by atoms with Gasteiger partial charge >= 0.3 is 0 Å². The van der Waals surface area contributed by atoms with Crippen molar-refractivity contribution in [2.75, 3.05) is 12.4 Å². The first-order chi connectivity index (χ1) is 7.74. The molecule has 90 valence electrons. The Morgan fingerprint density at radius 2 is 2.06 bits per heavy atom. The number of nitrogens with two attached hydrogens (primary N) is 1. The summed E-state index contributed by atoms with van der Waals surface area (Å²) in [7, 11) is 0. The van der Waals surface area contributed by atoms with Crippen molar-refractivity contribution in [1.29, 1.82) is 0 Å². The van der Waals surface area contributed by atoms with E-state index in [-0.39, 0.29) is 11.9 Å². The summed E-state index contributed by atoms with van der Waals surface area (Å²) in [5, 5.41) is 0. The highest BCUT2D eigenvalue weighted by Gasteiger charge is 2.02. The zero-order valence-corrected chi connectivity index (χ0v) is 10.1. The maximum absolute atomic E-state index is 13.1. The molecule has 0 heterocycles. The van der Waals surface area contributed by atoms with Gasteiger partial charge in [-0.25, -0.2) is 4.39 Å². The number of thiol groups is 1. The van der Waals surface area contributed by atoms with Crippen LogP contribution in [0.1, 0.15) is 19.3 Å². The number of para-hydroxylation sites is 1. The second-order valence-corrected chi connectivity index (χ2v) is 4.08. The molecule has 0 aromatic heterocycles. The Labute approximate surface area is 101 Å². The highest BCUT2D eigenvalue weighted by molar-refractivity contribution is 7.80. The molecular formula is C12H18FNOS. The first-order valence-electron chi connectivity index (χ1n) is 5.48. The molecule has 0 bridgehead atoms. The van der Waals surface area contributed by atoms with Gasteiger partial charge in [0.2, 0.25) is 0 Å². The molecule has 0 aliphatic heterocycles. The molecule has 1 rings (SSSR count). The van der Waals surface area contributed by atoms with Gasteiger partial charge in [0.05, 0.1) is 6.61 Å². The van der Waals surface area contributed by atoms with Crippen LogP contribution in [0.4, 0.5) is 4.39 Å². The topological polar surface area (TPSA) is 35.2 Å². The number of unbranched alkanes of at least 4 members (excludes halogenated alkanes) is 1. The molecule has 0 amide bonds. The first-order valence-corrected chi connectivity index (χ1v) is 6.11. The van der Waals surface area contributed by atoms with Gasteiger partial charge in [-0.3, -0.25) is 0 Å². The molecular weight excluding hydrogens is 225 g/mol. The van der Waals surface area contributed by atoms with Gasteiger partial charge in [-0.15, -0.1) is 0 Å². The molecule has 0 radical (unpaired) electrons. The van der Waals surface area contributed by atoms with E-state index in [0.29, 0.717) is 18.1 Å². The molecule has 1 aromatic rings. The zero-order chi connectivity index (χ0) is 11.8. The summed E-state index contributed by atoms with van der Waals surface area (Å²) in [5.41, 5.74) is 5.71.